The van der Waals surface area contributed by atoms with Crippen LogP contribution in [0.4, 0.5) is 26.3 Å². The van der Waals surface area contributed by atoms with E-state index in [2.05, 4.69) is 0 Å². The lowest BCUT2D eigenvalue weighted by Crippen LogP contribution is -2.21. The number of benzene rings is 1. The van der Waals surface area contributed by atoms with E-state index in [0.717, 1.165) is 0 Å². The Balaban J connectivity index is 3.76. The molecule has 1 N–H and O–H groups in total. The summed E-state index contributed by atoms with van der Waals surface area (Å²) in [6, 6.07) is 1.23. The van der Waals surface area contributed by atoms with Crippen molar-refractivity contribution in [2.75, 3.05) is 0 Å². The molecule has 0 spiro atoms. The zero-order chi connectivity index (χ0) is 14.1. The van der Waals surface area contributed by atoms with Crippen molar-refractivity contribution in [3.63, 3.8) is 0 Å². The first kappa shape index (κ1) is 14.5. The van der Waals surface area contributed by atoms with Gasteiger partial charge < -0.3 is 5.11 Å². The van der Waals surface area contributed by atoms with Crippen LogP contribution < -0.4 is 0 Å². The Kier molecular flexibility index (Phi) is 3.70. The fraction of sp³-hybridized carbons (Fsp3) is 0.300. The molecule has 0 saturated heterocycles. The Hall–Kier alpha value is -1.57. The van der Waals surface area contributed by atoms with Gasteiger partial charge in [0, 0.05) is 5.56 Å². The highest BCUT2D eigenvalue weighted by molar-refractivity contribution is 5.79. The van der Waals surface area contributed by atoms with Gasteiger partial charge in [-0.25, -0.2) is 0 Å². The van der Waals surface area contributed by atoms with Crippen LogP contribution in [0.2, 0.25) is 0 Å². The normalized spacial score (nSPS) is 12.6. The van der Waals surface area contributed by atoms with Gasteiger partial charge in [-0.1, -0.05) is 12.1 Å². The molecule has 8 heteroatoms. The predicted molar refractivity (Wildman–Crippen MR) is 47.8 cm³/mol. The number of carbonyl (C=O) groups is 1. The maximum atomic E-state index is 12.6. The monoisotopic (exact) mass is 272 g/mol. The molecule has 0 bridgehead atoms. The molecule has 0 heterocycles. The maximum Gasteiger partial charge on any atom is 0.417 e. The van der Waals surface area contributed by atoms with E-state index in [1.165, 1.54) is 0 Å². The minimum atomic E-state index is -5.34. The van der Waals surface area contributed by atoms with Crippen LogP contribution in [0, 0.1) is 0 Å². The van der Waals surface area contributed by atoms with E-state index >= 15 is 0 Å². The molecule has 0 aliphatic carbocycles. The van der Waals surface area contributed by atoms with Crippen molar-refractivity contribution in [3.05, 3.63) is 34.4 Å². The average Bonchev–Trinajstić information content (AvgIpc) is 2.24. The average molecular weight is 272 g/mol. The summed E-state index contributed by atoms with van der Waals surface area (Å²) >= 11 is 0. The molecule has 0 saturated carbocycles. The van der Waals surface area contributed by atoms with Crippen molar-refractivity contribution in [2.45, 2.75) is 19.0 Å². The summed E-state index contributed by atoms with van der Waals surface area (Å²) in [4.78, 5) is 10.4. The van der Waals surface area contributed by atoms with E-state index in [9.17, 15) is 31.1 Å². The summed E-state index contributed by atoms with van der Waals surface area (Å²) in [5.74, 6) is 0. The fourth-order valence-corrected chi connectivity index (χ4v) is 1.52. The van der Waals surface area contributed by atoms with Crippen molar-refractivity contribution >= 4 is 6.29 Å². The predicted octanol–water partition coefficient (Wildman–Crippen LogP) is 3.03. The summed E-state index contributed by atoms with van der Waals surface area (Å²) in [5.41, 5.74) is -6.15. The Labute approximate surface area is 96.8 Å². The molecule has 1 aromatic carbocycles. The van der Waals surface area contributed by atoms with Crippen LogP contribution in [0.25, 0.3) is 0 Å². The largest absolute Gasteiger partial charge is 0.417 e. The molecule has 2 nitrogen and oxygen atoms in total. The van der Waals surface area contributed by atoms with Crippen LogP contribution in [0.5, 0.6) is 0 Å². The quantitative estimate of drug-likeness (QED) is 0.663. The van der Waals surface area contributed by atoms with Crippen LogP contribution in [-0.4, -0.2) is 11.4 Å². The van der Waals surface area contributed by atoms with Gasteiger partial charge in [-0.2, -0.15) is 26.3 Å². The van der Waals surface area contributed by atoms with Crippen molar-refractivity contribution in [1.29, 1.82) is 0 Å². The van der Waals surface area contributed by atoms with Gasteiger partial charge in [0.15, 0.2) is 6.29 Å². The highest BCUT2D eigenvalue weighted by Gasteiger charge is 2.46. The van der Waals surface area contributed by atoms with E-state index in [1.807, 2.05) is 0 Å². The molecule has 1 rings (SSSR count). The van der Waals surface area contributed by atoms with E-state index in [4.69, 9.17) is 5.11 Å². The molecule has 0 aliphatic heterocycles. The lowest BCUT2D eigenvalue weighted by Gasteiger charge is -2.19. The minimum absolute atomic E-state index is 0.306. The number of alkyl halides is 6. The highest BCUT2D eigenvalue weighted by atomic mass is 19.4. The second-order valence-electron chi connectivity index (χ2n) is 3.34. The zero-order valence-corrected chi connectivity index (χ0v) is 8.56. The molecule has 0 amide bonds. The summed E-state index contributed by atoms with van der Waals surface area (Å²) in [5, 5.41) is 8.68. The molecule has 0 aliphatic rings. The van der Waals surface area contributed by atoms with Crippen LogP contribution in [0.1, 0.15) is 27.0 Å². The van der Waals surface area contributed by atoms with Gasteiger partial charge in [0.05, 0.1) is 17.7 Å². The maximum absolute atomic E-state index is 12.6. The molecule has 0 atom stereocenters. The van der Waals surface area contributed by atoms with Gasteiger partial charge >= 0.3 is 12.4 Å². The van der Waals surface area contributed by atoms with Crippen molar-refractivity contribution < 1.29 is 36.2 Å². The Bertz CT molecular complexity index is 461. The third kappa shape index (κ3) is 2.63. The first-order valence-corrected chi connectivity index (χ1v) is 4.49. The third-order valence-corrected chi connectivity index (χ3v) is 2.19. The molecule has 0 fully saturated rings. The van der Waals surface area contributed by atoms with Crippen LogP contribution in [0.3, 0.4) is 0 Å². The summed E-state index contributed by atoms with van der Waals surface area (Å²) in [6.07, 6.45) is -11.0. The molecule has 100 valence electrons. The molecule has 1 aromatic rings. The first-order valence-electron chi connectivity index (χ1n) is 4.49. The molecule has 0 radical (unpaired) electrons. The second-order valence-corrected chi connectivity index (χ2v) is 3.34. The molecule has 18 heavy (non-hydrogen) atoms. The van der Waals surface area contributed by atoms with Gasteiger partial charge in [-0.15, -0.1) is 0 Å². The number of hydrogen-bond acceptors (Lipinski definition) is 2. The minimum Gasteiger partial charge on any atom is -0.392 e. The number of aliphatic hydroxyl groups is 1. The molecule has 0 unspecified atom stereocenters. The number of hydrogen-bond donors (Lipinski definition) is 1. The fourth-order valence-electron chi connectivity index (χ4n) is 1.52. The van der Waals surface area contributed by atoms with Crippen molar-refractivity contribution in [1.82, 2.24) is 0 Å². The van der Waals surface area contributed by atoms with Crippen molar-refractivity contribution in [2.24, 2.45) is 0 Å². The van der Waals surface area contributed by atoms with Crippen LogP contribution in [0.15, 0.2) is 12.1 Å². The smallest absolute Gasteiger partial charge is 0.392 e. The topological polar surface area (TPSA) is 37.3 Å². The van der Waals surface area contributed by atoms with E-state index < -0.39 is 41.2 Å². The highest BCUT2D eigenvalue weighted by Crippen LogP contribution is 2.43. The number of halogens is 6. The van der Waals surface area contributed by atoms with Gasteiger partial charge in [0.25, 0.3) is 0 Å². The lowest BCUT2D eigenvalue weighted by molar-refractivity contribution is -0.163. The molecular weight excluding hydrogens is 266 g/mol. The Morgan fingerprint density at radius 3 is 1.83 bits per heavy atom. The summed E-state index contributed by atoms with van der Waals surface area (Å²) in [7, 11) is 0. The number of aldehydes is 1. The standard InChI is InChI=1S/C10H6F6O2/c11-9(12,13)7-5(3-17)1-2-6(4-18)8(7)10(14,15)16/h1-3,18H,4H2. The first-order chi connectivity index (χ1) is 8.12. The number of aliphatic hydroxyl groups excluding tert-OH is 1. The van der Waals surface area contributed by atoms with E-state index in [0.29, 0.717) is 12.1 Å². The number of rotatable bonds is 2. The molecule has 0 aromatic heterocycles. The van der Waals surface area contributed by atoms with E-state index in [-0.39, 0.29) is 6.29 Å². The van der Waals surface area contributed by atoms with Gasteiger partial charge in [0.2, 0.25) is 0 Å². The summed E-state index contributed by atoms with van der Waals surface area (Å²) < 4.78 is 75.7. The SMILES string of the molecule is O=Cc1ccc(CO)c(C(F)(F)F)c1C(F)(F)F. The Morgan fingerprint density at radius 1 is 1.00 bits per heavy atom. The van der Waals surface area contributed by atoms with Gasteiger partial charge in [-0.3, -0.25) is 4.79 Å². The number of carbonyl (C=O) groups excluding carboxylic acids is 1. The lowest BCUT2D eigenvalue weighted by atomic mass is 9.95. The molecular formula is C10H6F6O2. The second kappa shape index (κ2) is 4.60. The van der Waals surface area contributed by atoms with Gasteiger partial charge in [-0.05, 0) is 5.56 Å². The van der Waals surface area contributed by atoms with Crippen molar-refractivity contribution in [3.8, 4) is 0 Å². The van der Waals surface area contributed by atoms with Crippen LogP contribution >= 0.6 is 0 Å². The summed E-state index contributed by atoms with van der Waals surface area (Å²) in [6.45, 7) is -1.21. The zero-order valence-electron chi connectivity index (χ0n) is 8.56. The Morgan fingerprint density at radius 2 is 1.50 bits per heavy atom. The van der Waals surface area contributed by atoms with Crippen LogP contribution in [-0.2, 0) is 19.0 Å². The van der Waals surface area contributed by atoms with E-state index in [1.54, 1.807) is 0 Å². The van der Waals surface area contributed by atoms with Gasteiger partial charge in [0.1, 0.15) is 0 Å². The third-order valence-electron chi connectivity index (χ3n) is 2.19.